The lowest BCUT2D eigenvalue weighted by Crippen LogP contribution is -1.98. The molecular weight excluding hydrogens is 363 g/mol. The maximum atomic E-state index is 5.89. The fourth-order valence-corrected chi connectivity index (χ4v) is 2.97. The Hall–Kier alpha value is -0.310. The van der Waals surface area contributed by atoms with E-state index in [1.807, 2.05) is 42.5 Å². The van der Waals surface area contributed by atoms with Gasteiger partial charge in [0.25, 0.3) is 0 Å². The van der Waals surface area contributed by atoms with Gasteiger partial charge >= 0.3 is 0 Å². The summed E-state index contributed by atoms with van der Waals surface area (Å²) in [5.74, 6) is 0. The number of alkyl halides is 2. The van der Waals surface area contributed by atoms with Crippen molar-refractivity contribution in [1.82, 2.24) is 0 Å². The van der Waals surface area contributed by atoms with Crippen LogP contribution in [0.5, 0.6) is 0 Å². The van der Waals surface area contributed by atoms with Crippen molar-refractivity contribution in [1.29, 1.82) is 0 Å². The van der Waals surface area contributed by atoms with Gasteiger partial charge in [0.1, 0.15) is 0 Å². The maximum absolute atomic E-state index is 5.89. The fraction of sp³-hybridized carbons (Fsp3) is 0.143. The molecule has 0 heterocycles. The Bertz CT molecular complexity index is 467. The average Bonchev–Trinajstić information content (AvgIpc) is 2.39. The lowest BCUT2D eigenvalue weighted by Gasteiger charge is -2.17. The van der Waals surface area contributed by atoms with Crippen LogP contribution in [-0.4, -0.2) is 0 Å². The summed E-state index contributed by atoms with van der Waals surface area (Å²) in [6.45, 7) is 0. The Morgan fingerprint density at radius 3 is 1.71 bits per heavy atom. The second-order valence-electron chi connectivity index (χ2n) is 3.77. The van der Waals surface area contributed by atoms with Crippen molar-refractivity contribution >= 4 is 43.5 Å². The van der Waals surface area contributed by atoms with Crippen LogP contribution in [0.15, 0.2) is 54.6 Å². The minimum Gasteiger partial charge on any atom is -0.0843 e. The minimum atomic E-state index is 0.224. The van der Waals surface area contributed by atoms with Gasteiger partial charge in [0.05, 0.1) is 9.65 Å². The number of hydrogen-bond acceptors (Lipinski definition) is 0. The third kappa shape index (κ3) is 3.34. The lowest BCUT2D eigenvalue weighted by molar-refractivity contribution is 0.938. The molecule has 0 radical (unpaired) electrons. The normalized spacial score (nSPS) is 14.3. The minimum absolute atomic E-state index is 0.224. The molecule has 2 aromatic rings. The Balaban J connectivity index is 2.20. The summed E-state index contributed by atoms with van der Waals surface area (Å²) in [4.78, 5) is 0.465. The average molecular weight is 375 g/mol. The first-order valence-corrected chi connectivity index (χ1v) is 7.48. The van der Waals surface area contributed by atoms with Gasteiger partial charge in [-0.05, 0) is 23.3 Å². The van der Waals surface area contributed by atoms with E-state index in [0.717, 1.165) is 5.02 Å². The highest BCUT2D eigenvalue weighted by Crippen LogP contribution is 2.42. The van der Waals surface area contributed by atoms with Crippen molar-refractivity contribution in [2.75, 3.05) is 0 Å². The van der Waals surface area contributed by atoms with Gasteiger partial charge in [0, 0.05) is 5.02 Å². The molecule has 0 amide bonds. The summed E-state index contributed by atoms with van der Waals surface area (Å²) < 4.78 is 0. The van der Waals surface area contributed by atoms with Gasteiger partial charge in [-0.15, -0.1) is 0 Å². The summed E-state index contributed by atoms with van der Waals surface area (Å²) >= 11 is 13.3. The Kier molecular flexibility index (Phi) is 4.66. The predicted octanol–water partition coefficient (Wildman–Crippen LogP) is 5.91. The summed E-state index contributed by atoms with van der Waals surface area (Å²) in [7, 11) is 0. The quantitative estimate of drug-likeness (QED) is 0.586. The first kappa shape index (κ1) is 13.1. The molecule has 2 atom stereocenters. The summed E-state index contributed by atoms with van der Waals surface area (Å²) in [5.41, 5.74) is 2.46. The third-order valence-corrected chi connectivity index (χ3v) is 5.64. The molecule has 0 aliphatic heterocycles. The van der Waals surface area contributed by atoms with Crippen LogP contribution in [0, 0.1) is 0 Å². The molecule has 0 fully saturated rings. The van der Waals surface area contributed by atoms with E-state index in [0.29, 0.717) is 0 Å². The van der Waals surface area contributed by atoms with E-state index in [9.17, 15) is 0 Å². The van der Waals surface area contributed by atoms with Gasteiger partial charge < -0.3 is 0 Å². The highest BCUT2D eigenvalue weighted by Gasteiger charge is 2.19. The topological polar surface area (TPSA) is 0 Å². The summed E-state index contributed by atoms with van der Waals surface area (Å²) in [5, 5.41) is 0.763. The van der Waals surface area contributed by atoms with Crippen LogP contribution in [0.25, 0.3) is 0 Å². The molecule has 2 unspecified atom stereocenters. The third-order valence-electron chi connectivity index (χ3n) is 2.56. The molecule has 17 heavy (non-hydrogen) atoms. The van der Waals surface area contributed by atoms with Crippen LogP contribution in [-0.2, 0) is 0 Å². The number of hydrogen-bond donors (Lipinski definition) is 0. The van der Waals surface area contributed by atoms with Gasteiger partial charge in [0.15, 0.2) is 0 Å². The lowest BCUT2D eigenvalue weighted by atomic mass is 10.0. The van der Waals surface area contributed by atoms with Crippen LogP contribution >= 0.6 is 43.5 Å². The zero-order chi connectivity index (χ0) is 12.3. The van der Waals surface area contributed by atoms with E-state index >= 15 is 0 Å². The van der Waals surface area contributed by atoms with Crippen LogP contribution in [0.4, 0.5) is 0 Å². The van der Waals surface area contributed by atoms with E-state index in [-0.39, 0.29) is 9.65 Å². The molecular formula is C14H11Br2Cl. The molecule has 0 saturated carbocycles. The molecule has 0 aromatic heterocycles. The van der Waals surface area contributed by atoms with Crippen molar-refractivity contribution in [3.05, 3.63) is 70.7 Å². The molecule has 0 nitrogen and oxygen atoms in total. The van der Waals surface area contributed by atoms with Crippen LogP contribution in [0.1, 0.15) is 20.8 Å². The zero-order valence-corrected chi connectivity index (χ0v) is 12.9. The maximum Gasteiger partial charge on any atom is 0.0561 e. The molecule has 0 spiro atoms. The molecule has 0 N–H and O–H groups in total. The van der Waals surface area contributed by atoms with E-state index in [4.69, 9.17) is 11.6 Å². The second kappa shape index (κ2) is 6.03. The molecule has 0 aliphatic carbocycles. The van der Waals surface area contributed by atoms with Gasteiger partial charge in [-0.3, -0.25) is 0 Å². The van der Waals surface area contributed by atoms with Crippen molar-refractivity contribution in [3.63, 3.8) is 0 Å². The van der Waals surface area contributed by atoms with Gasteiger partial charge in [-0.1, -0.05) is 85.9 Å². The summed E-state index contributed by atoms with van der Waals surface area (Å²) in [6.07, 6.45) is 0. The van der Waals surface area contributed by atoms with Crippen LogP contribution < -0.4 is 0 Å². The predicted molar refractivity (Wildman–Crippen MR) is 81.2 cm³/mol. The van der Waals surface area contributed by atoms with Crippen molar-refractivity contribution in [2.24, 2.45) is 0 Å². The Morgan fingerprint density at radius 2 is 1.18 bits per heavy atom. The second-order valence-corrected chi connectivity index (χ2v) is 6.18. The molecule has 3 heteroatoms. The molecule has 0 saturated heterocycles. The van der Waals surface area contributed by atoms with E-state index in [2.05, 4.69) is 44.0 Å². The molecule has 0 bridgehead atoms. The van der Waals surface area contributed by atoms with Gasteiger partial charge in [-0.2, -0.15) is 0 Å². The van der Waals surface area contributed by atoms with Gasteiger partial charge in [0.2, 0.25) is 0 Å². The van der Waals surface area contributed by atoms with Crippen molar-refractivity contribution in [2.45, 2.75) is 9.65 Å². The molecule has 0 aliphatic rings. The standard InChI is InChI=1S/C14H11Br2Cl/c15-13(10-4-2-1-3-5-10)14(16)11-6-8-12(17)9-7-11/h1-9,13-14H. The number of rotatable bonds is 3. The SMILES string of the molecule is Clc1ccc(C(Br)C(Br)c2ccccc2)cc1. The zero-order valence-electron chi connectivity index (χ0n) is 8.98. The first-order valence-electron chi connectivity index (χ1n) is 5.27. The largest absolute Gasteiger partial charge is 0.0843 e. The van der Waals surface area contributed by atoms with E-state index in [1.165, 1.54) is 11.1 Å². The fourth-order valence-electron chi connectivity index (χ4n) is 1.62. The molecule has 2 rings (SSSR count). The van der Waals surface area contributed by atoms with Crippen LogP contribution in [0.2, 0.25) is 5.02 Å². The molecule has 88 valence electrons. The highest BCUT2D eigenvalue weighted by atomic mass is 79.9. The monoisotopic (exact) mass is 372 g/mol. The van der Waals surface area contributed by atoms with E-state index in [1.54, 1.807) is 0 Å². The van der Waals surface area contributed by atoms with E-state index < -0.39 is 0 Å². The first-order chi connectivity index (χ1) is 8.18. The highest BCUT2D eigenvalue weighted by molar-refractivity contribution is 9.12. The molecule has 2 aromatic carbocycles. The number of halogens is 3. The van der Waals surface area contributed by atoms with Crippen LogP contribution in [0.3, 0.4) is 0 Å². The Labute approximate surface area is 123 Å². The van der Waals surface area contributed by atoms with Crippen molar-refractivity contribution in [3.8, 4) is 0 Å². The number of benzene rings is 2. The van der Waals surface area contributed by atoms with Crippen molar-refractivity contribution < 1.29 is 0 Å². The summed E-state index contributed by atoms with van der Waals surface area (Å²) in [6, 6.07) is 18.3. The van der Waals surface area contributed by atoms with Gasteiger partial charge in [-0.25, -0.2) is 0 Å². The Morgan fingerprint density at radius 1 is 0.706 bits per heavy atom. The smallest absolute Gasteiger partial charge is 0.0561 e.